The van der Waals surface area contributed by atoms with Gasteiger partial charge in [-0.05, 0) is 11.6 Å². The molecule has 1 aliphatic rings. The van der Waals surface area contributed by atoms with Crippen molar-refractivity contribution < 1.29 is 4.74 Å². The van der Waals surface area contributed by atoms with Gasteiger partial charge in [0.2, 0.25) is 0 Å². The molecule has 1 atom stereocenters. The van der Waals surface area contributed by atoms with Crippen molar-refractivity contribution in [3.63, 3.8) is 0 Å². The quantitative estimate of drug-likeness (QED) is 0.915. The van der Waals surface area contributed by atoms with E-state index in [-0.39, 0.29) is 6.10 Å². The Labute approximate surface area is 118 Å². The van der Waals surface area contributed by atoms with E-state index in [0.717, 1.165) is 29.2 Å². The maximum absolute atomic E-state index is 5.97. The van der Waals surface area contributed by atoms with Crippen molar-refractivity contribution in [1.82, 2.24) is 9.97 Å². The summed E-state index contributed by atoms with van der Waals surface area (Å²) in [6.45, 7) is 0.523. The Morgan fingerprint density at radius 2 is 2.10 bits per heavy atom. The molecule has 0 fully saturated rings. The summed E-state index contributed by atoms with van der Waals surface area (Å²) in [5.74, 6) is 1.73. The summed E-state index contributed by atoms with van der Waals surface area (Å²) in [4.78, 5) is 10.8. The van der Waals surface area contributed by atoms with Crippen LogP contribution in [0.25, 0.3) is 11.3 Å². The number of nitrogens with two attached hydrogens (primary N) is 1. The average Bonchev–Trinajstić information content (AvgIpc) is 2.90. The van der Waals surface area contributed by atoms with Crippen molar-refractivity contribution in [3.05, 3.63) is 36.2 Å². The second-order valence-electron chi connectivity index (χ2n) is 5.10. The molecule has 2 aromatic rings. The number of benzene rings is 1. The van der Waals surface area contributed by atoms with E-state index in [1.165, 1.54) is 5.56 Å². The Morgan fingerprint density at radius 3 is 2.85 bits per heavy atom. The molecule has 1 unspecified atom stereocenters. The number of hydrogen-bond acceptors (Lipinski definition) is 5. The molecule has 104 valence electrons. The summed E-state index contributed by atoms with van der Waals surface area (Å²) in [6.07, 6.45) is 4.32. The number of nitrogens with zero attached hydrogens (tertiary/aromatic N) is 3. The summed E-state index contributed by atoms with van der Waals surface area (Å²) in [6, 6.07) is 6.14. The summed E-state index contributed by atoms with van der Waals surface area (Å²) in [5.41, 5.74) is 8.73. The number of hydrogen-bond donors (Lipinski definition) is 1. The molecule has 0 bridgehead atoms. The molecule has 5 heteroatoms. The fraction of sp³-hybridized carbons (Fsp3) is 0.333. The minimum Gasteiger partial charge on any atom is -0.488 e. The van der Waals surface area contributed by atoms with Crippen molar-refractivity contribution >= 4 is 5.82 Å². The highest BCUT2D eigenvalue weighted by atomic mass is 16.5. The Bertz CT molecular complexity index is 627. The van der Waals surface area contributed by atoms with Crippen LogP contribution in [0, 0.1) is 0 Å². The minimum atomic E-state index is 0.0608. The zero-order valence-electron chi connectivity index (χ0n) is 11.7. The summed E-state index contributed by atoms with van der Waals surface area (Å²) in [7, 11) is 3.92. The van der Waals surface area contributed by atoms with Crippen molar-refractivity contribution in [3.8, 4) is 17.0 Å². The van der Waals surface area contributed by atoms with Crippen molar-refractivity contribution in [2.75, 3.05) is 25.5 Å². The first-order valence-corrected chi connectivity index (χ1v) is 6.68. The van der Waals surface area contributed by atoms with Gasteiger partial charge in [-0.15, -0.1) is 0 Å². The number of rotatable bonds is 3. The van der Waals surface area contributed by atoms with Gasteiger partial charge >= 0.3 is 0 Å². The van der Waals surface area contributed by atoms with Gasteiger partial charge in [0.05, 0.1) is 0 Å². The summed E-state index contributed by atoms with van der Waals surface area (Å²) in [5, 5.41) is 0. The highest BCUT2D eigenvalue weighted by molar-refractivity contribution is 5.78. The van der Waals surface area contributed by atoms with Crippen LogP contribution in [0.1, 0.15) is 5.56 Å². The zero-order valence-corrected chi connectivity index (χ0v) is 11.7. The minimum absolute atomic E-state index is 0.0608. The standard InChI is InChI=1S/C15H18N4O/c1-19(2)15-13(17-6-7-18-15)12-5-3-4-10-8-11(9-16)20-14(10)12/h3-7,11H,8-9,16H2,1-2H3. The molecular formula is C15H18N4O. The van der Waals surface area contributed by atoms with E-state index >= 15 is 0 Å². The van der Waals surface area contributed by atoms with E-state index in [2.05, 4.69) is 16.0 Å². The second kappa shape index (κ2) is 5.09. The van der Waals surface area contributed by atoms with Gasteiger partial charge in [0.15, 0.2) is 5.82 Å². The van der Waals surface area contributed by atoms with Gasteiger partial charge in [0, 0.05) is 45.0 Å². The number of anilines is 1. The predicted octanol–water partition coefficient (Wildman–Crippen LogP) is 1.47. The lowest BCUT2D eigenvalue weighted by Gasteiger charge is -2.16. The van der Waals surface area contributed by atoms with Crippen LogP contribution >= 0.6 is 0 Å². The Hall–Kier alpha value is -2.14. The van der Waals surface area contributed by atoms with Crippen LogP contribution in [0.15, 0.2) is 30.6 Å². The smallest absolute Gasteiger partial charge is 0.154 e. The van der Waals surface area contributed by atoms with Gasteiger partial charge < -0.3 is 15.4 Å². The number of fused-ring (bicyclic) bond motifs is 1. The van der Waals surface area contributed by atoms with Crippen molar-refractivity contribution in [1.29, 1.82) is 0 Å². The zero-order chi connectivity index (χ0) is 14.1. The lowest BCUT2D eigenvalue weighted by molar-refractivity contribution is 0.242. The van der Waals surface area contributed by atoms with Gasteiger partial charge in [-0.25, -0.2) is 4.98 Å². The fourth-order valence-electron chi connectivity index (χ4n) is 2.50. The molecule has 0 spiro atoms. The van der Waals surface area contributed by atoms with Crippen LogP contribution in [-0.4, -0.2) is 36.7 Å². The second-order valence-corrected chi connectivity index (χ2v) is 5.10. The first kappa shape index (κ1) is 12.9. The molecule has 1 aromatic heterocycles. The monoisotopic (exact) mass is 270 g/mol. The molecule has 0 amide bonds. The first-order valence-electron chi connectivity index (χ1n) is 6.68. The van der Waals surface area contributed by atoms with Gasteiger partial charge in [0.1, 0.15) is 17.5 Å². The molecule has 2 heterocycles. The molecule has 1 aromatic carbocycles. The van der Waals surface area contributed by atoms with Crippen LogP contribution in [0.3, 0.4) is 0 Å². The highest BCUT2D eigenvalue weighted by Gasteiger charge is 2.26. The lowest BCUT2D eigenvalue weighted by atomic mass is 10.0. The van der Waals surface area contributed by atoms with E-state index in [9.17, 15) is 0 Å². The normalized spacial score (nSPS) is 16.6. The number of ether oxygens (including phenoxy) is 1. The van der Waals surface area contributed by atoms with Crippen LogP contribution in [0.2, 0.25) is 0 Å². The van der Waals surface area contributed by atoms with Gasteiger partial charge in [-0.2, -0.15) is 0 Å². The topological polar surface area (TPSA) is 64.3 Å². The van der Waals surface area contributed by atoms with Crippen LogP contribution in [-0.2, 0) is 6.42 Å². The number of aromatic nitrogens is 2. The summed E-state index contributed by atoms with van der Waals surface area (Å²) < 4.78 is 5.97. The van der Waals surface area contributed by atoms with Gasteiger partial charge in [-0.1, -0.05) is 12.1 Å². The Kier molecular flexibility index (Phi) is 3.28. The Balaban J connectivity index is 2.12. The van der Waals surface area contributed by atoms with E-state index in [4.69, 9.17) is 10.5 Å². The largest absolute Gasteiger partial charge is 0.488 e. The maximum Gasteiger partial charge on any atom is 0.154 e. The van der Waals surface area contributed by atoms with Crippen LogP contribution < -0.4 is 15.4 Å². The molecule has 0 saturated heterocycles. The lowest BCUT2D eigenvalue weighted by Crippen LogP contribution is -2.24. The van der Waals surface area contributed by atoms with E-state index in [1.807, 2.05) is 31.1 Å². The molecule has 0 radical (unpaired) electrons. The SMILES string of the molecule is CN(C)c1nccnc1-c1cccc2c1OC(CN)C2. The first-order chi connectivity index (χ1) is 9.70. The molecular weight excluding hydrogens is 252 g/mol. The molecule has 2 N–H and O–H groups in total. The molecule has 1 aliphatic heterocycles. The third-order valence-corrected chi connectivity index (χ3v) is 3.45. The molecule has 0 saturated carbocycles. The average molecular weight is 270 g/mol. The van der Waals surface area contributed by atoms with Gasteiger partial charge in [0.25, 0.3) is 0 Å². The van der Waals surface area contributed by atoms with Crippen molar-refractivity contribution in [2.24, 2.45) is 5.73 Å². The third-order valence-electron chi connectivity index (χ3n) is 3.45. The highest BCUT2D eigenvalue weighted by Crippen LogP contribution is 2.40. The number of para-hydroxylation sites is 1. The van der Waals surface area contributed by atoms with E-state index in [0.29, 0.717) is 6.54 Å². The van der Waals surface area contributed by atoms with Crippen LogP contribution in [0.4, 0.5) is 5.82 Å². The molecule has 0 aliphatic carbocycles. The van der Waals surface area contributed by atoms with Crippen molar-refractivity contribution in [2.45, 2.75) is 12.5 Å². The molecule has 20 heavy (non-hydrogen) atoms. The Morgan fingerprint density at radius 1 is 1.30 bits per heavy atom. The molecule has 5 nitrogen and oxygen atoms in total. The molecule has 3 rings (SSSR count). The van der Waals surface area contributed by atoms with E-state index in [1.54, 1.807) is 12.4 Å². The fourth-order valence-corrected chi connectivity index (χ4v) is 2.50. The third kappa shape index (κ3) is 2.10. The van der Waals surface area contributed by atoms with Gasteiger partial charge in [-0.3, -0.25) is 4.98 Å². The van der Waals surface area contributed by atoms with E-state index < -0.39 is 0 Å². The van der Waals surface area contributed by atoms with Crippen LogP contribution in [0.5, 0.6) is 5.75 Å². The predicted molar refractivity (Wildman–Crippen MR) is 79.0 cm³/mol. The maximum atomic E-state index is 5.97. The summed E-state index contributed by atoms with van der Waals surface area (Å²) >= 11 is 0.